The van der Waals surface area contributed by atoms with Gasteiger partial charge in [-0.15, -0.1) is 0 Å². The van der Waals surface area contributed by atoms with E-state index in [-0.39, 0.29) is 11.7 Å². The number of hydrogen-bond acceptors (Lipinski definition) is 2. The molecule has 1 aliphatic carbocycles. The van der Waals surface area contributed by atoms with E-state index in [0.717, 1.165) is 5.56 Å². The summed E-state index contributed by atoms with van der Waals surface area (Å²) in [5, 5.41) is 9.13. The third kappa shape index (κ3) is 1.13. The first-order valence-corrected chi connectivity index (χ1v) is 4.68. The molecular formula is C12H11NO. The number of nitriles is 1. The fourth-order valence-electron chi connectivity index (χ4n) is 2.00. The molecule has 70 valence electrons. The van der Waals surface area contributed by atoms with Gasteiger partial charge in [-0.25, -0.2) is 0 Å². The molecule has 1 aliphatic rings. The van der Waals surface area contributed by atoms with Crippen molar-refractivity contribution < 1.29 is 4.79 Å². The van der Waals surface area contributed by atoms with E-state index in [1.807, 2.05) is 30.3 Å². The average Bonchev–Trinajstić information content (AvgIpc) is 2.95. The molecule has 1 fully saturated rings. The van der Waals surface area contributed by atoms with Crippen LogP contribution in [-0.4, -0.2) is 5.78 Å². The van der Waals surface area contributed by atoms with E-state index in [1.165, 1.54) is 0 Å². The van der Waals surface area contributed by atoms with Crippen LogP contribution in [0.5, 0.6) is 0 Å². The van der Waals surface area contributed by atoms with Crippen LogP contribution >= 0.6 is 0 Å². The van der Waals surface area contributed by atoms with Crippen LogP contribution in [0.2, 0.25) is 0 Å². The summed E-state index contributed by atoms with van der Waals surface area (Å²) in [4.78, 5) is 11.2. The number of ketones is 1. The van der Waals surface area contributed by atoms with Gasteiger partial charge in [0.15, 0.2) is 0 Å². The molecule has 14 heavy (non-hydrogen) atoms. The molecule has 0 N–H and O–H groups in total. The maximum Gasteiger partial charge on any atom is 0.134 e. The minimum Gasteiger partial charge on any atom is -0.300 e. The van der Waals surface area contributed by atoms with Crippen molar-refractivity contribution in [3.63, 3.8) is 0 Å². The van der Waals surface area contributed by atoms with E-state index in [1.54, 1.807) is 6.92 Å². The van der Waals surface area contributed by atoms with Gasteiger partial charge in [0.05, 0.1) is 11.5 Å². The number of benzene rings is 1. The number of rotatable bonds is 2. The summed E-state index contributed by atoms with van der Waals surface area (Å²) in [6.45, 7) is 1.56. The van der Waals surface area contributed by atoms with E-state index in [2.05, 4.69) is 6.07 Å². The smallest absolute Gasteiger partial charge is 0.134 e. The summed E-state index contributed by atoms with van der Waals surface area (Å²) >= 11 is 0. The zero-order chi connectivity index (χ0) is 10.2. The van der Waals surface area contributed by atoms with Gasteiger partial charge in [-0.2, -0.15) is 5.26 Å². The maximum absolute atomic E-state index is 11.2. The summed E-state index contributed by atoms with van der Waals surface area (Å²) < 4.78 is 0. The predicted octanol–water partition coefficient (Wildman–Crippen LogP) is 2.06. The van der Waals surface area contributed by atoms with Gasteiger partial charge in [0.1, 0.15) is 5.78 Å². The molecule has 1 aromatic carbocycles. The Labute approximate surface area is 83.2 Å². The molecule has 0 bridgehead atoms. The molecule has 2 rings (SSSR count). The molecule has 2 heteroatoms. The Morgan fingerprint density at radius 1 is 1.50 bits per heavy atom. The van der Waals surface area contributed by atoms with Gasteiger partial charge < -0.3 is 0 Å². The molecule has 0 saturated heterocycles. The lowest BCUT2D eigenvalue weighted by Crippen LogP contribution is -2.11. The lowest BCUT2D eigenvalue weighted by Gasteiger charge is -2.06. The summed E-state index contributed by atoms with van der Waals surface area (Å²) in [6.07, 6.45) is 0.683. The molecule has 0 amide bonds. The Bertz CT molecular complexity index is 404. The van der Waals surface area contributed by atoms with Crippen molar-refractivity contribution in [3.05, 3.63) is 35.9 Å². The third-order valence-electron chi connectivity index (χ3n) is 2.94. The van der Waals surface area contributed by atoms with E-state index in [9.17, 15) is 4.79 Å². The molecule has 0 aromatic heterocycles. The Hall–Kier alpha value is -1.62. The molecule has 1 saturated carbocycles. The number of carbonyl (C=O) groups is 1. The monoisotopic (exact) mass is 185 g/mol. The van der Waals surface area contributed by atoms with Gasteiger partial charge in [-0.05, 0) is 18.9 Å². The van der Waals surface area contributed by atoms with Gasteiger partial charge in [0.25, 0.3) is 0 Å². The number of carbonyl (C=O) groups excluding carboxylic acids is 1. The third-order valence-corrected chi connectivity index (χ3v) is 2.94. The Morgan fingerprint density at radius 2 is 2.14 bits per heavy atom. The standard InChI is InChI=1S/C12H11NO/c1-9(14)11-7-12(11,8-13)10-5-3-2-4-6-10/h2-6,11H,7H2,1H3/t11-,12+/m1/s1. The molecule has 0 radical (unpaired) electrons. The highest BCUT2D eigenvalue weighted by Crippen LogP contribution is 2.54. The Morgan fingerprint density at radius 3 is 2.57 bits per heavy atom. The second-order valence-electron chi connectivity index (χ2n) is 3.82. The van der Waals surface area contributed by atoms with Crippen molar-refractivity contribution in [3.8, 4) is 6.07 Å². The molecule has 0 unspecified atom stereocenters. The summed E-state index contributed by atoms with van der Waals surface area (Å²) in [7, 11) is 0. The fraction of sp³-hybridized carbons (Fsp3) is 0.333. The maximum atomic E-state index is 11.2. The molecule has 2 atom stereocenters. The molecule has 0 spiro atoms. The van der Waals surface area contributed by atoms with Crippen molar-refractivity contribution in [1.82, 2.24) is 0 Å². The van der Waals surface area contributed by atoms with Crippen molar-refractivity contribution >= 4 is 5.78 Å². The Balaban J connectivity index is 2.36. The number of Topliss-reactive ketones (excluding diaryl/α,β-unsaturated/α-hetero) is 1. The van der Waals surface area contributed by atoms with Gasteiger partial charge in [0, 0.05) is 5.92 Å². The first-order valence-electron chi connectivity index (χ1n) is 4.68. The van der Waals surface area contributed by atoms with Crippen LogP contribution < -0.4 is 0 Å². The zero-order valence-electron chi connectivity index (χ0n) is 8.03. The first-order chi connectivity index (χ1) is 6.70. The second kappa shape index (κ2) is 2.95. The quantitative estimate of drug-likeness (QED) is 0.707. The van der Waals surface area contributed by atoms with Gasteiger partial charge in [0.2, 0.25) is 0 Å². The minimum atomic E-state index is -0.521. The van der Waals surface area contributed by atoms with Crippen LogP contribution in [0.3, 0.4) is 0 Å². The highest BCUT2D eigenvalue weighted by Gasteiger charge is 2.58. The van der Waals surface area contributed by atoms with Crippen molar-refractivity contribution in [2.24, 2.45) is 5.92 Å². The van der Waals surface area contributed by atoms with Gasteiger partial charge in [-0.1, -0.05) is 30.3 Å². The summed E-state index contributed by atoms with van der Waals surface area (Å²) in [5.41, 5.74) is 0.454. The first kappa shape index (κ1) is 8.96. The SMILES string of the molecule is CC(=O)[C@H]1C[C@]1(C#N)c1ccccc1. The van der Waals surface area contributed by atoms with Crippen LogP contribution in [0, 0.1) is 17.2 Å². The van der Waals surface area contributed by atoms with Crippen LogP contribution in [0.1, 0.15) is 18.9 Å². The van der Waals surface area contributed by atoms with Crippen molar-refractivity contribution in [1.29, 1.82) is 5.26 Å². The highest BCUT2D eigenvalue weighted by molar-refractivity contribution is 5.85. The molecule has 0 aliphatic heterocycles. The van der Waals surface area contributed by atoms with Crippen LogP contribution in [0.25, 0.3) is 0 Å². The average molecular weight is 185 g/mol. The van der Waals surface area contributed by atoms with E-state index in [0.29, 0.717) is 6.42 Å². The van der Waals surface area contributed by atoms with Gasteiger partial charge >= 0.3 is 0 Å². The molecule has 0 heterocycles. The topological polar surface area (TPSA) is 40.9 Å². The second-order valence-corrected chi connectivity index (χ2v) is 3.82. The van der Waals surface area contributed by atoms with Gasteiger partial charge in [-0.3, -0.25) is 4.79 Å². The van der Waals surface area contributed by atoms with Crippen LogP contribution in [0.4, 0.5) is 0 Å². The number of hydrogen-bond donors (Lipinski definition) is 0. The normalized spacial score (nSPS) is 29.3. The summed E-state index contributed by atoms with van der Waals surface area (Å²) in [5.74, 6) is 0.0327. The van der Waals surface area contributed by atoms with E-state index in [4.69, 9.17) is 5.26 Å². The zero-order valence-corrected chi connectivity index (χ0v) is 8.03. The molecular weight excluding hydrogens is 174 g/mol. The van der Waals surface area contributed by atoms with E-state index >= 15 is 0 Å². The highest BCUT2D eigenvalue weighted by atomic mass is 16.1. The largest absolute Gasteiger partial charge is 0.300 e. The van der Waals surface area contributed by atoms with Crippen LogP contribution in [-0.2, 0) is 10.2 Å². The van der Waals surface area contributed by atoms with Crippen molar-refractivity contribution in [2.45, 2.75) is 18.8 Å². The lowest BCUT2D eigenvalue weighted by molar-refractivity contribution is -0.118. The lowest BCUT2D eigenvalue weighted by atomic mass is 9.94. The predicted molar refractivity (Wildman–Crippen MR) is 52.5 cm³/mol. The number of nitrogens with zero attached hydrogens (tertiary/aromatic N) is 1. The minimum absolute atomic E-state index is 0.0881. The molecule has 2 nitrogen and oxygen atoms in total. The van der Waals surface area contributed by atoms with Crippen molar-refractivity contribution in [2.75, 3.05) is 0 Å². The molecule has 1 aromatic rings. The Kier molecular flexibility index (Phi) is 1.89. The fourth-order valence-corrected chi connectivity index (χ4v) is 2.00. The summed E-state index contributed by atoms with van der Waals surface area (Å²) in [6, 6.07) is 11.9. The van der Waals surface area contributed by atoms with Crippen LogP contribution in [0.15, 0.2) is 30.3 Å². The van der Waals surface area contributed by atoms with E-state index < -0.39 is 5.41 Å².